The monoisotopic (exact) mass is 526 g/mol. The third-order valence-corrected chi connectivity index (χ3v) is 8.14. The molecule has 2 aromatic rings. The van der Waals surface area contributed by atoms with E-state index in [1.165, 1.54) is 4.31 Å². The average molecular weight is 527 g/mol. The van der Waals surface area contributed by atoms with E-state index < -0.39 is 21.9 Å². The molecule has 7 nitrogen and oxygen atoms in total. The van der Waals surface area contributed by atoms with E-state index in [-0.39, 0.29) is 18.2 Å². The van der Waals surface area contributed by atoms with E-state index >= 15 is 0 Å². The number of unbranched alkanes of at least 4 members (excludes halogenated alkanes) is 1. The summed E-state index contributed by atoms with van der Waals surface area (Å²) < 4.78 is 32.5. The lowest BCUT2D eigenvalue weighted by atomic mass is 9.98. The van der Waals surface area contributed by atoms with Gasteiger partial charge in [0, 0.05) is 34.4 Å². The molecule has 0 saturated carbocycles. The number of sulfonamides is 1. The van der Waals surface area contributed by atoms with Gasteiger partial charge in [-0.1, -0.05) is 42.6 Å². The Morgan fingerprint density at radius 1 is 1.12 bits per heavy atom. The molecule has 34 heavy (non-hydrogen) atoms. The highest BCUT2D eigenvalue weighted by molar-refractivity contribution is 7.88. The molecule has 1 unspecified atom stereocenters. The minimum atomic E-state index is -3.71. The Hall–Kier alpha value is -2.13. The number of hydrogen-bond donors (Lipinski definition) is 1. The molecule has 10 heteroatoms. The van der Waals surface area contributed by atoms with Crippen molar-refractivity contribution in [1.29, 1.82) is 0 Å². The molecule has 1 atom stereocenters. The molecule has 184 valence electrons. The van der Waals surface area contributed by atoms with Gasteiger partial charge >= 0.3 is 5.97 Å². The quantitative estimate of drug-likeness (QED) is 0.361. The molecule has 0 spiro atoms. The fourth-order valence-electron chi connectivity index (χ4n) is 3.68. The summed E-state index contributed by atoms with van der Waals surface area (Å²) in [7, 11) is -3.71. The molecule has 1 heterocycles. The van der Waals surface area contributed by atoms with Crippen LogP contribution in [-0.4, -0.2) is 44.3 Å². The molecular weight excluding hydrogens is 499 g/mol. The Balaban J connectivity index is 1.60. The van der Waals surface area contributed by atoms with E-state index in [9.17, 15) is 18.0 Å². The van der Waals surface area contributed by atoms with Crippen LogP contribution in [-0.2, 0) is 25.3 Å². The van der Waals surface area contributed by atoms with Crippen LogP contribution in [0, 0.1) is 5.92 Å². The van der Waals surface area contributed by atoms with Crippen molar-refractivity contribution >= 4 is 50.8 Å². The standard InChI is InChI=1S/C24H28Cl2N2O5S/c1-2-3-14-33-24(30)17-9-11-19(12-10-17)27-23(29)18-6-5-13-28(15-18)34(31,32)16-20-21(25)7-4-8-22(20)26/h4,7-12,18H,2-3,5-6,13-16H2,1H3,(H,27,29). The largest absolute Gasteiger partial charge is 0.462 e. The van der Waals surface area contributed by atoms with Gasteiger partial charge in [-0.15, -0.1) is 0 Å². The second-order valence-corrected chi connectivity index (χ2v) is 11.0. The summed E-state index contributed by atoms with van der Waals surface area (Å²) in [5, 5.41) is 3.40. The lowest BCUT2D eigenvalue weighted by Gasteiger charge is -2.31. The van der Waals surface area contributed by atoms with Crippen molar-refractivity contribution in [1.82, 2.24) is 4.31 Å². The molecule has 3 rings (SSSR count). The van der Waals surface area contributed by atoms with E-state index in [2.05, 4.69) is 5.32 Å². The lowest BCUT2D eigenvalue weighted by molar-refractivity contribution is -0.120. The SMILES string of the molecule is CCCCOC(=O)c1ccc(NC(=O)C2CCCN(S(=O)(=O)Cc3c(Cl)cccc3Cl)C2)cc1. The number of rotatable bonds is 9. The maximum Gasteiger partial charge on any atom is 0.338 e. The number of piperidine rings is 1. The van der Waals surface area contributed by atoms with Crippen LogP contribution in [0.3, 0.4) is 0 Å². The lowest BCUT2D eigenvalue weighted by Crippen LogP contribution is -2.44. The number of nitrogens with zero attached hydrogens (tertiary/aromatic N) is 1. The molecule has 0 radical (unpaired) electrons. The number of benzene rings is 2. The van der Waals surface area contributed by atoms with Crippen LogP contribution in [0.4, 0.5) is 5.69 Å². The molecule has 1 saturated heterocycles. The molecule has 1 aliphatic rings. The van der Waals surface area contributed by atoms with E-state index in [1.54, 1.807) is 42.5 Å². The molecule has 0 aromatic heterocycles. The maximum absolute atomic E-state index is 13.0. The molecular formula is C24H28Cl2N2O5S. The molecule has 2 aromatic carbocycles. The van der Waals surface area contributed by atoms with Crippen LogP contribution >= 0.6 is 23.2 Å². The van der Waals surface area contributed by atoms with Crippen molar-refractivity contribution in [3.8, 4) is 0 Å². The second-order valence-electron chi connectivity index (χ2n) is 8.21. The first-order valence-corrected chi connectivity index (χ1v) is 13.6. The van der Waals surface area contributed by atoms with Gasteiger partial charge in [-0.05, 0) is 55.7 Å². The Kier molecular flexibility index (Phi) is 9.36. The summed E-state index contributed by atoms with van der Waals surface area (Å²) in [6.07, 6.45) is 2.88. The number of ether oxygens (including phenoxy) is 1. The number of anilines is 1. The van der Waals surface area contributed by atoms with Crippen LogP contribution in [0.25, 0.3) is 0 Å². The summed E-state index contributed by atoms with van der Waals surface area (Å²) in [5.74, 6) is -1.49. The van der Waals surface area contributed by atoms with E-state index in [1.807, 2.05) is 6.92 Å². The Bertz CT molecular complexity index is 1100. The summed E-state index contributed by atoms with van der Waals surface area (Å²) in [5.41, 5.74) is 1.28. The predicted octanol–water partition coefficient (Wildman–Crippen LogP) is 5.13. The maximum atomic E-state index is 13.0. The summed E-state index contributed by atoms with van der Waals surface area (Å²) in [6.45, 7) is 2.81. The number of carbonyl (C=O) groups excluding carboxylic acids is 2. The Morgan fingerprint density at radius 3 is 2.44 bits per heavy atom. The van der Waals surface area contributed by atoms with Crippen molar-refractivity contribution in [2.24, 2.45) is 5.92 Å². The molecule has 1 amide bonds. The van der Waals surface area contributed by atoms with Crippen molar-refractivity contribution in [3.05, 3.63) is 63.6 Å². The summed E-state index contributed by atoms with van der Waals surface area (Å²) in [6, 6.07) is 11.3. The highest BCUT2D eigenvalue weighted by Crippen LogP contribution is 2.29. The van der Waals surface area contributed by atoms with Crippen molar-refractivity contribution in [2.45, 2.75) is 38.4 Å². The highest BCUT2D eigenvalue weighted by Gasteiger charge is 2.33. The molecule has 0 aliphatic carbocycles. The Labute approximate surface area is 210 Å². The fraction of sp³-hybridized carbons (Fsp3) is 0.417. The minimum Gasteiger partial charge on any atom is -0.462 e. The van der Waals surface area contributed by atoms with E-state index in [4.69, 9.17) is 27.9 Å². The van der Waals surface area contributed by atoms with Gasteiger partial charge in [0.05, 0.1) is 23.8 Å². The number of esters is 1. The van der Waals surface area contributed by atoms with Gasteiger partial charge in [0.15, 0.2) is 0 Å². The number of amides is 1. The second kappa shape index (κ2) is 12.0. The van der Waals surface area contributed by atoms with Crippen LogP contribution in [0.15, 0.2) is 42.5 Å². The van der Waals surface area contributed by atoms with Crippen molar-refractivity contribution in [3.63, 3.8) is 0 Å². The Morgan fingerprint density at radius 2 is 1.79 bits per heavy atom. The first-order valence-electron chi connectivity index (χ1n) is 11.2. The first-order chi connectivity index (χ1) is 16.2. The molecule has 1 aliphatic heterocycles. The topological polar surface area (TPSA) is 92.8 Å². The van der Waals surface area contributed by atoms with Gasteiger partial charge in [-0.3, -0.25) is 4.79 Å². The minimum absolute atomic E-state index is 0.0814. The first kappa shape index (κ1) is 26.5. The smallest absolute Gasteiger partial charge is 0.338 e. The zero-order valence-corrected chi connectivity index (χ0v) is 21.3. The molecule has 1 N–H and O–H groups in total. The molecule has 1 fully saturated rings. The average Bonchev–Trinajstić information content (AvgIpc) is 2.82. The van der Waals surface area contributed by atoms with Gasteiger partial charge in [0.25, 0.3) is 0 Å². The van der Waals surface area contributed by atoms with E-state index in [0.29, 0.717) is 52.9 Å². The fourth-order valence-corrected chi connectivity index (χ4v) is 6.04. The number of nitrogens with one attached hydrogen (secondary N) is 1. The van der Waals surface area contributed by atoms with Crippen LogP contribution in [0.1, 0.15) is 48.5 Å². The predicted molar refractivity (Wildman–Crippen MR) is 134 cm³/mol. The normalized spacial score (nSPS) is 16.7. The van der Waals surface area contributed by atoms with Gasteiger partial charge in [-0.2, -0.15) is 0 Å². The third-order valence-electron chi connectivity index (χ3n) is 5.66. The van der Waals surface area contributed by atoms with Crippen molar-refractivity contribution < 1.29 is 22.7 Å². The van der Waals surface area contributed by atoms with Gasteiger partial charge in [0.1, 0.15) is 0 Å². The highest BCUT2D eigenvalue weighted by atomic mass is 35.5. The zero-order chi connectivity index (χ0) is 24.7. The third kappa shape index (κ3) is 6.95. The number of hydrogen-bond acceptors (Lipinski definition) is 5. The van der Waals surface area contributed by atoms with Crippen LogP contribution in [0.2, 0.25) is 10.0 Å². The van der Waals surface area contributed by atoms with Gasteiger partial charge < -0.3 is 10.1 Å². The van der Waals surface area contributed by atoms with Crippen LogP contribution in [0.5, 0.6) is 0 Å². The van der Waals surface area contributed by atoms with Crippen molar-refractivity contribution in [2.75, 3.05) is 25.0 Å². The van der Waals surface area contributed by atoms with Gasteiger partial charge in [-0.25, -0.2) is 17.5 Å². The zero-order valence-electron chi connectivity index (χ0n) is 18.9. The van der Waals surface area contributed by atoms with Gasteiger partial charge in [0.2, 0.25) is 15.9 Å². The summed E-state index contributed by atoms with van der Waals surface area (Å²) >= 11 is 12.3. The molecule has 0 bridgehead atoms. The van der Waals surface area contributed by atoms with Crippen LogP contribution < -0.4 is 5.32 Å². The number of carbonyl (C=O) groups is 2. The summed E-state index contributed by atoms with van der Waals surface area (Å²) in [4.78, 5) is 24.8. The van der Waals surface area contributed by atoms with E-state index in [0.717, 1.165) is 12.8 Å². The number of halogens is 2.